The summed E-state index contributed by atoms with van der Waals surface area (Å²) < 4.78 is 44.3. The van der Waals surface area contributed by atoms with E-state index in [2.05, 4.69) is 9.98 Å². The van der Waals surface area contributed by atoms with Gasteiger partial charge in [0.1, 0.15) is 5.70 Å². The average molecular weight is 494 g/mol. The fourth-order valence-electron chi connectivity index (χ4n) is 2.74. The second-order valence-electron chi connectivity index (χ2n) is 6.87. The number of para-hydroxylation sites is 1. The third kappa shape index (κ3) is 6.66. The molecular formula is C23H19ClF3N3O2S. The van der Waals surface area contributed by atoms with Crippen LogP contribution in [0.2, 0.25) is 5.02 Å². The first-order valence-corrected chi connectivity index (χ1v) is 10.9. The monoisotopic (exact) mass is 493 g/mol. The molecule has 2 N–H and O–H groups in total. The smallest absolute Gasteiger partial charge is 0.430 e. The predicted octanol–water partition coefficient (Wildman–Crippen LogP) is 6.03. The molecule has 2 aromatic carbocycles. The van der Waals surface area contributed by atoms with Crippen LogP contribution in [0, 0.1) is 6.92 Å². The minimum absolute atomic E-state index is 0.0569. The van der Waals surface area contributed by atoms with Gasteiger partial charge in [-0.2, -0.15) is 13.2 Å². The number of ether oxygens (including phenoxy) is 1. The molecule has 0 fully saturated rings. The topological polar surface area (TPSA) is 77.6 Å². The molecule has 0 spiro atoms. The van der Waals surface area contributed by atoms with Crippen molar-refractivity contribution < 1.29 is 22.7 Å². The van der Waals surface area contributed by atoms with Gasteiger partial charge in [-0.05, 0) is 37.3 Å². The minimum atomic E-state index is -4.72. The van der Waals surface area contributed by atoms with Crippen molar-refractivity contribution in [3.63, 3.8) is 0 Å². The zero-order valence-corrected chi connectivity index (χ0v) is 19.0. The van der Waals surface area contributed by atoms with Crippen LogP contribution in [0.3, 0.4) is 0 Å². The Morgan fingerprint density at radius 2 is 1.85 bits per heavy atom. The van der Waals surface area contributed by atoms with E-state index < -0.39 is 17.8 Å². The summed E-state index contributed by atoms with van der Waals surface area (Å²) in [4.78, 5) is 21.8. The van der Waals surface area contributed by atoms with Crippen LogP contribution < -0.4 is 5.73 Å². The molecular weight excluding hydrogens is 475 g/mol. The molecule has 0 unspecified atom stereocenters. The summed E-state index contributed by atoms with van der Waals surface area (Å²) in [7, 11) is 0. The third-order valence-electron chi connectivity index (χ3n) is 4.54. The molecule has 33 heavy (non-hydrogen) atoms. The molecule has 5 nitrogen and oxygen atoms in total. The summed E-state index contributed by atoms with van der Waals surface area (Å²) in [6.07, 6.45) is -3.44. The van der Waals surface area contributed by atoms with Crippen molar-refractivity contribution in [3.8, 4) is 0 Å². The highest BCUT2D eigenvalue weighted by atomic mass is 35.5. The number of alkyl halides is 3. The number of carbonyl (C=O) groups excluding carboxylic acids is 1. The fraction of sp³-hybridized carbons (Fsp3) is 0.174. The van der Waals surface area contributed by atoms with Gasteiger partial charge in [0.05, 0.1) is 39.8 Å². The molecule has 0 aliphatic carbocycles. The first-order valence-electron chi connectivity index (χ1n) is 9.69. The van der Waals surface area contributed by atoms with Crippen LogP contribution in [0.25, 0.3) is 0 Å². The summed E-state index contributed by atoms with van der Waals surface area (Å²) in [6, 6.07) is 12.3. The Morgan fingerprint density at radius 1 is 1.18 bits per heavy atom. The van der Waals surface area contributed by atoms with Gasteiger partial charge in [0, 0.05) is 16.9 Å². The molecule has 10 heteroatoms. The molecule has 172 valence electrons. The lowest BCUT2D eigenvalue weighted by atomic mass is 10.1. The standard InChI is InChI=1S/C23H19ClF3N3O2S/c1-14-20(33-13-29-14)10-11-32-22(31)16-8-6-15(7-9-16)19(12-21(28)23(25,26)27)30-18-5-3-2-4-17(18)24/h2-9,12-13H,10-11,28H2,1H3/b21-12-,30-19?. The maximum Gasteiger partial charge on any atom is 0.430 e. The number of aliphatic imine (C=N–C) groups is 1. The molecule has 0 aliphatic rings. The number of rotatable bonds is 7. The van der Waals surface area contributed by atoms with Crippen LogP contribution in [-0.4, -0.2) is 29.4 Å². The number of aryl methyl sites for hydroxylation is 1. The quantitative estimate of drug-likeness (QED) is 0.322. The Morgan fingerprint density at radius 3 is 2.45 bits per heavy atom. The van der Waals surface area contributed by atoms with Crippen molar-refractivity contribution in [2.45, 2.75) is 19.5 Å². The first-order chi connectivity index (χ1) is 15.6. The molecule has 3 aromatic rings. The van der Waals surface area contributed by atoms with Gasteiger partial charge in [0.2, 0.25) is 0 Å². The molecule has 0 saturated heterocycles. The average Bonchev–Trinajstić information content (AvgIpc) is 3.18. The number of hydrogen-bond acceptors (Lipinski definition) is 6. The van der Waals surface area contributed by atoms with Gasteiger partial charge in [-0.1, -0.05) is 35.9 Å². The largest absolute Gasteiger partial charge is 0.462 e. The van der Waals surface area contributed by atoms with E-state index in [1.807, 2.05) is 6.92 Å². The number of aromatic nitrogens is 1. The Kier molecular flexibility index (Phi) is 7.88. The summed E-state index contributed by atoms with van der Waals surface area (Å²) in [5, 5.41) is 0.269. The van der Waals surface area contributed by atoms with E-state index in [4.69, 9.17) is 22.1 Å². The zero-order chi connectivity index (χ0) is 24.0. The van der Waals surface area contributed by atoms with Gasteiger partial charge in [-0.25, -0.2) is 14.8 Å². The molecule has 0 bridgehead atoms. The van der Waals surface area contributed by atoms with E-state index in [-0.39, 0.29) is 28.6 Å². The van der Waals surface area contributed by atoms with Gasteiger partial charge in [0.15, 0.2) is 0 Å². The van der Waals surface area contributed by atoms with Crippen molar-refractivity contribution in [3.05, 3.63) is 92.5 Å². The second-order valence-corrected chi connectivity index (χ2v) is 8.22. The Balaban J connectivity index is 1.81. The first kappa shape index (κ1) is 24.5. The van der Waals surface area contributed by atoms with Gasteiger partial charge in [0.25, 0.3) is 0 Å². The number of halogens is 4. The van der Waals surface area contributed by atoms with Crippen LogP contribution in [0.1, 0.15) is 26.5 Å². The number of nitrogens with zero attached hydrogens (tertiary/aromatic N) is 2. The fourth-order valence-corrected chi connectivity index (χ4v) is 3.68. The minimum Gasteiger partial charge on any atom is -0.462 e. The molecule has 0 saturated carbocycles. The molecule has 3 rings (SSSR count). The van der Waals surface area contributed by atoms with Crippen LogP contribution in [0.5, 0.6) is 0 Å². The van der Waals surface area contributed by atoms with Crippen LogP contribution in [0.15, 0.2) is 70.8 Å². The van der Waals surface area contributed by atoms with Crippen molar-refractivity contribution in [1.82, 2.24) is 4.98 Å². The van der Waals surface area contributed by atoms with E-state index in [0.29, 0.717) is 12.0 Å². The van der Waals surface area contributed by atoms with E-state index in [1.54, 1.807) is 29.8 Å². The molecule has 0 aliphatic heterocycles. The molecule has 0 amide bonds. The van der Waals surface area contributed by atoms with Gasteiger partial charge >= 0.3 is 12.1 Å². The number of esters is 1. The van der Waals surface area contributed by atoms with Gasteiger partial charge < -0.3 is 10.5 Å². The Bertz CT molecular complexity index is 1190. The van der Waals surface area contributed by atoms with Crippen LogP contribution in [0.4, 0.5) is 18.9 Å². The third-order valence-corrected chi connectivity index (χ3v) is 5.85. The number of carbonyl (C=O) groups is 1. The highest BCUT2D eigenvalue weighted by Crippen LogP contribution is 2.27. The second kappa shape index (κ2) is 10.6. The van der Waals surface area contributed by atoms with Crippen LogP contribution in [-0.2, 0) is 11.2 Å². The Hall–Kier alpha value is -3.17. The van der Waals surface area contributed by atoms with E-state index in [9.17, 15) is 18.0 Å². The van der Waals surface area contributed by atoms with Crippen molar-refractivity contribution in [1.29, 1.82) is 0 Å². The predicted molar refractivity (Wildman–Crippen MR) is 123 cm³/mol. The number of thiazole rings is 1. The molecule has 0 atom stereocenters. The molecule has 1 aromatic heterocycles. The molecule has 0 radical (unpaired) electrons. The number of nitrogens with two attached hydrogens (primary N) is 1. The highest BCUT2D eigenvalue weighted by molar-refractivity contribution is 7.09. The maximum absolute atomic E-state index is 13.0. The summed E-state index contributed by atoms with van der Waals surface area (Å²) in [6.45, 7) is 2.07. The lowest BCUT2D eigenvalue weighted by Gasteiger charge is -2.10. The zero-order valence-electron chi connectivity index (χ0n) is 17.4. The highest BCUT2D eigenvalue weighted by Gasteiger charge is 2.31. The normalized spacial score (nSPS) is 12.6. The lowest BCUT2D eigenvalue weighted by molar-refractivity contribution is -0.0925. The van der Waals surface area contributed by atoms with Gasteiger partial charge in [-0.3, -0.25) is 0 Å². The van der Waals surface area contributed by atoms with Crippen molar-refractivity contribution >= 4 is 40.3 Å². The molecule has 1 heterocycles. The van der Waals surface area contributed by atoms with E-state index in [1.165, 1.54) is 35.6 Å². The van der Waals surface area contributed by atoms with E-state index >= 15 is 0 Å². The SMILES string of the molecule is Cc1ncsc1CCOC(=O)c1ccc(C(/C=C(\N)C(F)(F)F)=Nc2ccccc2Cl)cc1. The summed E-state index contributed by atoms with van der Waals surface area (Å²) in [5.41, 5.74) is 7.32. The van der Waals surface area contributed by atoms with Crippen molar-refractivity contribution in [2.75, 3.05) is 6.61 Å². The number of allylic oxidation sites excluding steroid dienone is 2. The number of hydrogen-bond donors (Lipinski definition) is 1. The summed E-state index contributed by atoms with van der Waals surface area (Å²) >= 11 is 7.59. The van der Waals surface area contributed by atoms with Gasteiger partial charge in [-0.15, -0.1) is 11.3 Å². The maximum atomic E-state index is 13.0. The van der Waals surface area contributed by atoms with E-state index in [0.717, 1.165) is 16.6 Å². The van der Waals surface area contributed by atoms with Crippen LogP contribution >= 0.6 is 22.9 Å². The summed E-state index contributed by atoms with van der Waals surface area (Å²) in [5.74, 6) is -0.543. The number of benzene rings is 2. The van der Waals surface area contributed by atoms with Crippen molar-refractivity contribution in [2.24, 2.45) is 10.7 Å². The Labute approximate surface area is 197 Å². The lowest BCUT2D eigenvalue weighted by Crippen LogP contribution is -2.21.